The third-order valence-corrected chi connectivity index (χ3v) is 4.83. The molecule has 158 valence electrons. The molecule has 0 saturated heterocycles. The molecule has 0 fully saturated rings. The van der Waals surface area contributed by atoms with E-state index in [0.717, 1.165) is 23.6 Å². The molecule has 0 saturated carbocycles. The van der Waals surface area contributed by atoms with E-state index in [9.17, 15) is 9.18 Å². The Morgan fingerprint density at radius 3 is 2.63 bits per heavy atom. The average Bonchev–Trinajstić information content (AvgIpc) is 3.16. The number of carbonyl (C=O) groups excluding carboxylic acids is 1. The number of aromatic nitrogens is 2. The maximum atomic E-state index is 13.0. The Bertz CT molecular complexity index is 992. The molecule has 1 N–H and O–H groups in total. The first-order valence-corrected chi connectivity index (χ1v) is 10.1. The van der Waals surface area contributed by atoms with E-state index in [0.29, 0.717) is 41.0 Å². The summed E-state index contributed by atoms with van der Waals surface area (Å²) < 4.78 is 28.5. The molecule has 0 bridgehead atoms. The van der Waals surface area contributed by atoms with Gasteiger partial charge in [-0.25, -0.2) is 4.39 Å². The molecule has 1 aromatic heterocycles. The van der Waals surface area contributed by atoms with Gasteiger partial charge in [-0.15, -0.1) is 0 Å². The number of hydrogen-bond donors (Lipinski definition) is 1. The Balaban J connectivity index is 1.65. The first-order chi connectivity index (χ1) is 14.4. The van der Waals surface area contributed by atoms with E-state index < -0.39 is 0 Å². The van der Waals surface area contributed by atoms with Crippen LogP contribution in [0.4, 0.5) is 4.39 Å². The van der Waals surface area contributed by atoms with Gasteiger partial charge in [0.1, 0.15) is 5.82 Å². The van der Waals surface area contributed by atoms with Crippen molar-refractivity contribution in [3.8, 4) is 16.7 Å². The van der Waals surface area contributed by atoms with Crippen molar-refractivity contribution in [3.05, 3.63) is 65.2 Å². The Morgan fingerprint density at radius 1 is 1.17 bits per heavy atom. The molecule has 3 rings (SSSR count). The maximum Gasteiger partial charge on any atom is 0.298 e. The molecule has 30 heavy (non-hydrogen) atoms. The summed E-state index contributed by atoms with van der Waals surface area (Å²) in [7, 11) is 5.40. The number of hydrogen-bond acceptors (Lipinski definition) is 7. The van der Waals surface area contributed by atoms with Crippen LogP contribution in [0.2, 0.25) is 0 Å². The van der Waals surface area contributed by atoms with Crippen molar-refractivity contribution in [1.29, 1.82) is 0 Å². The fraction of sp³-hybridized carbons (Fsp3) is 0.286. The number of rotatable bonds is 9. The third kappa shape index (κ3) is 5.98. The molecule has 0 atom stereocenters. The summed E-state index contributed by atoms with van der Waals surface area (Å²) in [5.74, 6) is 0.977. The lowest BCUT2D eigenvalue weighted by Gasteiger charge is -2.12. The molecule has 0 radical (unpaired) electrons. The van der Waals surface area contributed by atoms with Crippen LogP contribution in [0.25, 0.3) is 0 Å². The minimum atomic E-state index is -0.282. The van der Waals surface area contributed by atoms with Gasteiger partial charge in [0.15, 0.2) is 17.3 Å². The van der Waals surface area contributed by atoms with Crippen molar-refractivity contribution in [1.82, 2.24) is 19.6 Å². The smallest absolute Gasteiger partial charge is 0.298 e. The number of amides is 1. The first-order valence-electron chi connectivity index (χ1n) is 9.30. The van der Waals surface area contributed by atoms with E-state index in [1.165, 1.54) is 19.2 Å². The fourth-order valence-electron chi connectivity index (χ4n) is 2.62. The lowest BCUT2D eigenvalue weighted by atomic mass is 10.1. The van der Waals surface area contributed by atoms with Gasteiger partial charge in [-0.3, -0.25) is 4.79 Å². The molecule has 9 heteroatoms. The highest BCUT2D eigenvalue weighted by Crippen LogP contribution is 2.33. The zero-order valence-corrected chi connectivity index (χ0v) is 17.8. The van der Waals surface area contributed by atoms with E-state index in [2.05, 4.69) is 14.7 Å². The Hall–Kier alpha value is -3.04. The molecule has 3 aromatic rings. The summed E-state index contributed by atoms with van der Waals surface area (Å²) in [5.41, 5.74) is 1.38. The quantitative estimate of drug-likeness (QED) is 0.561. The van der Waals surface area contributed by atoms with Crippen LogP contribution >= 0.6 is 11.5 Å². The summed E-state index contributed by atoms with van der Waals surface area (Å²) >= 11 is 1.11. The number of halogens is 1. The Labute approximate surface area is 178 Å². The number of ether oxygens (including phenoxy) is 2. The number of benzene rings is 2. The normalized spacial score (nSPS) is 10.8. The van der Waals surface area contributed by atoms with Crippen molar-refractivity contribution in [3.63, 3.8) is 0 Å². The number of likely N-dealkylation sites (N-methyl/N-ethyl adjacent to an activating group) is 1. The van der Waals surface area contributed by atoms with Crippen LogP contribution in [0.3, 0.4) is 0 Å². The minimum absolute atomic E-state index is 0.181. The van der Waals surface area contributed by atoms with Crippen molar-refractivity contribution < 1.29 is 18.7 Å². The Morgan fingerprint density at radius 2 is 1.93 bits per heavy atom. The van der Waals surface area contributed by atoms with Gasteiger partial charge in [0.2, 0.25) is 0 Å². The zero-order valence-electron chi connectivity index (χ0n) is 17.0. The summed E-state index contributed by atoms with van der Waals surface area (Å²) in [6.45, 7) is 1.30. The Kier molecular flexibility index (Phi) is 7.31. The van der Waals surface area contributed by atoms with E-state index in [-0.39, 0.29) is 11.7 Å². The molecule has 0 aliphatic rings. The van der Waals surface area contributed by atoms with E-state index in [1.54, 1.807) is 30.3 Å². The van der Waals surface area contributed by atoms with Crippen molar-refractivity contribution >= 4 is 17.4 Å². The van der Waals surface area contributed by atoms with Gasteiger partial charge in [0, 0.05) is 36.6 Å². The topological polar surface area (TPSA) is 76.6 Å². The highest BCUT2D eigenvalue weighted by molar-refractivity contribution is 7.07. The lowest BCUT2D eigenvalue weighted by Crippen LogP contribution is -2.31. The highest BCUT2D eigenvalue weighted by Gasteiger charge is 2.14. The number of nitrogens with one attached hydrogen (secondary N) is 1. The molecule has 0 spiro atoms. The number of methoxy groups -OCH3 is 1. The van der Waals surface area contributed by atoms with Crippen molar-refractivity contribution in [2.45, 2.75) is 6.42 Å². The molecule has 0 unspecified atom stereocenters. The SMILES string of the molecule is COc1cc(C(=O)NCCN(C)C)ccc1Oc1nc(Cc2ccc(F)cc2)ns1. The predicted molar refractivity (Wildman–Crippen MR) is 113 cm³/mol. The number of nitrogens with zero attached hydrogens (tertiary/aromatic N) is 3. The van der Waals surface area contributed by atoms with Crippen LogP contribution in [0.1, 0.15) is 21.7 Å². The van der Waals surface area contributed by atoms with Crippen molar-refractivity contribution in [2.24, 2.45) is 0 Å². The molecule has 1 amide bonds. The van der Waals surface area contributed by atoms with Gasteiger partial charge in [0.05, 0.1) is 7.11 Å². The second kappa shape index (κ2) is 10.1. The standard InChI is InChI=1S/C21H23FN4O3S/c1-26(2)11-10-23-20(27)15-6-9-17(18(13-15)28-3)29-21-24-19(25-30-21)12-14-4-7-16(22)8-5-14/h4-9,13H,10-12H2,1-3H3,(H,23,27). The fourth-order valence-corrected chi connectivity index (χ4v) is 3.18. The second-order valence-corrected chi connectivity index (χ2v) is 7.52. The molecular weight excluding hydrogens is 407 g/mol. The summed E-state index contributed by atoms with van der Waals surface area (Å²) in [6, 6.07) is 11.2. The molecule has 1 heterocycles. The van der Waals surface area contributed by atoms with Crippen LogP contribution in [0.5, 0.6) is 16.7 Å². The maximum absolute atomic E-state index is 13.0. The van der Waals surface area contributed by atoms with Crippen LogP contribution in [-0.2, 0) is 6.42 Å². The average molecular weight is 431 g/mol. The first kappa shape index (κ1) is 21.7. The largest absolute Gasteiger partial charge is 0.493 e. The van der Waals surface area contributed by atoms with E-state index in [4.69, 9.17) is 9.47 Å². The highest BCUT2D eigenvalue weighted by atomic mass is 32.1. The van der Waals surface area contributed by atoms with E-state index in [1.807, 2.05) is 19.0 Å². The van der Waals surface area contributed by atoms with Crippen molar-refractivity contribution in [2.75, 3.05) is 34.3 Å². The minimum Gasteiger partial charge on any atom is -0.493 e. The van der Waals surface area contributed by atoms with Gasteiger partial charge in [0.25, 0.3) is 11.1 Å². The lowest BCUT2D eigenvalue weighted by molar-refractivity contribution is 0.0950. The summed E-state index contributed by atoms with van der Waals surface area (Å²) in [4.78, 5) is 18.6. The monoisotopic (exact) mass is 430 g/mol. The predicted octanol–water partition coefficient (Wildman–Crippen LogP) is 3.36. The van der Waals surface area contributed by atoms with Crippen LogP contribution in [-0.4, -0.2) is 54.5 Å². The van der Waals surface area contributed by atoms with Gasteiger partial charge in [-0.1, -0.05) is 12.1 Å². The molecule has 7 nitrogen and oxygen atoms in total. The van der Waals surface area contributed by atoms with Crippen LogP contribution < -0.4 is 14.8 Å². The molecule has 2 aromatic carbocycles. The van der Waals surface area contributed by atoms with Gasteiger partial charge >= 0.3 is 0 Å². The van der Waals surface area contributed by atoms with E-state index >= 15 is 0 Å². The molecular formula is C21H23FN4O3S. The second-order valence-electron chi connectivity index (χ2n) is 6.81. The van der Waals surface area contributed by atoms with Gasteiger partial charge < -0.3 is 19.7 Å². The third-order valence-electron chi connectivity index (χ3n) is 4.19. The van der Waals surface area contributed by atoms with Crippen LogP contribution in [0, 0.1) is 5.82 Å². The summed E-state index contributed by atoms with van der Waals surface area (Å²) in [6.07, 6.45) is 0.476. The van der Waals surface area contributed by atoms with Crippen LogP contribution in [0.15, 0.2) is 42.5 Å². The summed E-state index contributed by atoms with van der Waals surface area (Å²) in [5, 5.41) is 3.22. The molecule has 0 aliphatic heterocycles. The zero-order chi connectivity index (χ0) is 21.5. The number of carbonyl (C=O) groups is 1. The van der Waals surface area contributed by atoms with Gasteiger partial charge in [-0.2, -0.15) is 9.36 Å². The van der Waals surface area contributed by atoms with Gasteiger partial charge in [-0.05, 0) is 50.0 Å². The molecule has 0 aliphatic carbocycles.